The van der Waals surface area contributed by atoms with Crippen LogP contribution in [-0.2, 0) is 6.54 Å². The molecule has 0 aliphatic heterocycles. The second-order valence-electron chi connectivity index (χ2n) is 3.77. The summed E-state index contributed by atoms with van der Waals surface area (Å²) in [6, 6.07) is 7.78. The Morgan fingerprint density at radius 1 is 1.53 bits per heavy atom. The topological polar surface area (TPSA) is 90.5 Å². The van der Waals surface area contributed by atoms with Gasteiger partial charge in [-0.2, -0.15) is 10.4 Å². The molecule has 2 aromatic rings. The fraction of sp³-hybridized carbons (Fsp3) is 0.167. The van der Waals surface area contributed by atoms with Crippen molar-refractivity contribution in [3.63, 3.8) is 0 Å². The van der Waals surface area contributed by atoms with Crippen molar-refractivity contribution < 1.29 is 0 Å². The highest BCUT2D eigenvalue weighted by molar-refractivity contribution is 5.62. The van der Waals surface area contributed by atoms with Crippen LogP contribution in [0.5, 0.6) is 0 Å². The Morgan fingerprint density at radius 2 is 2.35 bits per heavy atom. The van der Waals surface area contributed by atoms with Gasteiger partial charge in [-0.25, -0.2) is 0 Å². The molecule has 1 aromatic heterocycles. The molecular formula is C12H13N5. The van der Waals surface area contributed by atoms with Crippen molar-refractivity contribution in [1.82, 2.24) is 10.2 Å². The van der Waals surface area contributed by atoms with Crippen molar-refractivity contribution in [2.45, 2.75) is 13.5 Å². The van der Waals surface area contributed by atoms with E-state index in [4.69, 9.17) is 11.0 Å². The van der Waals surface area contributed by atoms with Gasteiger partial charge >= 0.3 is 0 Å². The number of anilines is 2. The lowest BCUT2D eigenvalue weighted by atomic mass is 10.1. The minimum atomic E-state index is 0.544. The number of hydrogen-bond acceptors (Lipinski definition) is 4. The lowest BCUT2D eigenvalue weighted by Crippen LogP contribution is -2.04. The average Bonchev–Trinajstić information content (AvgIpc) is 2.73. The molecule has 0 radical (unpaired) electrons. The van der Waals surface area contributed by atoms with Crippen LogP contribution in [0.2, 0.25) is 0 Å². The number of aromatic nitrogens is 2. The summed E-state index contributed by atoms with van der Waals surface area (Å²) in [4.78, 5) is 0. The van der Waals surface area contributed by atoms with E-state index in [2.05, 4.69) is 21.6 Å². The van der Waals surface area contributed by atoms with Gasteiger partial charge in [-0.3, -0.25) is 5.10 Å². The number of nitrogens with zero attached hydrogens (tertiary/aromatic N) is 2. The van der Waals surface area contributed by atoms with E-state index < -0.39 is 0 Å². The molecule has 0 amide bonds. The number of H-pyrrole nitrogens is 1. The molecule has 0 bridgehead atoms. The molecule has 0 unspecified atom stereocenters. The standard InChI is InChI=1S/C12H13N5/c1-8-3-2-4-9(5-13)11(8)15-6-10-7-16-17-12(10)14/h2-4,7,15H,6H2,1H3,(H3,14,16,17). The molecule has 1 heterocycles. The van der Waals surface area contributed by atoms with Crippen LogP contribution >= 0.6 is 0 Å². The lowest BCUT2D eigenvalue weighted by molar-refractivity contribution is 1.10. The van der Waals surface area contributed by atoms with Crippen molar-refractivity contribution in [2.24, 2.45) is 0 Å². The van der Waals surface area contributed by atoms with Gasteiger partial charge in [0.15, 0.2) is 0 Å². The number of nitrogens with two attached hydrogens (primary N) is 1. The van der Waals surface area contributed by atoms with Crippen molar-refractivity contribution in [3.8, 4) is 6.07 Å². The molecule has 17 heavy (non-hydrogen) atoms. The number of benzene rings is 1. The largest absolute Gasteiger partial charge is 0.384 e. The summed E-state index contributed by atoms with van der Waals surface area (Å²) in [7, 11) is 0. The monoisotopic (exact) mass is 227 g/mol. The highest BCUT2D eigenvalue weighted by Gasteiger charge is 2.06. The number of rotatable bonds is 3. The Balaban J connectivity index is 2.20. The van der Waals surface area contributed by atoms with Crippen molar-refractivity contribution in [2.75, 3.05) is 11.1 Å². The quantitative estimate of drug-likeness (QED) is 0.745. The zero-order valence-corrected chi connectivity index (χ0v) is 9.49. The average molecular weight is 227 g/mol. The number of nitrogen functional groups attached to an aromatic ring is 1. The second-order valence-corrected chi connectivity index (χ2v) is 3.77. The molecule has 5 nitrogen and oxygen atoms in total. The van der Waals surface area contributed by atoms with Gasteiger partial charge in [0.2, 0.25) is 0 Å². The number of aromatic amines is 1. The number of hydrogen-bond donors (Lipinski definition) is 3. The van der Waals surface area contributed by atoms with Gasteiger partial charge in [0.1, 0.15) is 11.9 Å². The highest BCUT2D eigenvalue weighted by Crippen LogP contribution is 2.21. The lowest BCUT2D eigenvalue weighted by Gasteiger charge is -2.10. The van der Waals surface area contributed by atoms with Gasteiger partial charge in [-0.05, 0) is 18.6 Å². The van der Waals surface area contributed by atoms with Crippen LogP contribution in [0.1, 0.15) is 16.7 Å². The van der Waals surface area contributed by atoms with Crippen LogP contribution in [-0.4, -0.2) is 10.2 Å². The number of nitriles is 1. The van der Waals surface area contributed by atoms with Crippen molar-refractivity contribution in [3.05, 3.63) is 41.1 Å². The van der Waals surface area contributed by atoms with E-state index in [0.717, 1.165) is 16.8 Å². The van der Waals surface area contributed by atoms with Gasteiger partial charge in [0.25, 0.3) is 0 Å². The summed E-state index contributed by atoms with van der Waals surface area (Å²) in [5, 5.41) is 18.7. The Hall–Kier alpha value is -2.48. The first-order chi connectivity index (χ1) is 8.22. The number of nitrogens with one attached hydrogen (secondary N) is 2. The third-order valence-corrected chi connectivity index (χ3v) is 2.60. The molecule has 86 valence electrons. The summed E-state index contributed by atoms with van der Waals surface area (Å²) in [6.45, 7) is 2.50. The minimum absolute atomic E-state index is 0.544. The third-order valence-electron chi connectivity index (χ3n) is 2.60. The summed E-state index contributed by atoms with van der Waals surface area (Å²) in [5.74, 6) is 0.546. The molecule has 1 aromatic carbocycles. The predicted molar refractivity (Wildman–Crippen MR) is 66.2 cm³/mol. The Kier molecular flexibility index (Phi) is 2.97. The Bertz CT molecular complexity index is 565. The molecule has 0 aliphatic rings. The maximum Gasteiger partial charge on any atom is 0.123 e. The second kappa shape index (κ2) is 4.58. The van der Waals surface area contributed by atoms with Gasteiger partial charge in [-0.15, -0.1) is 0 Å². The smallest absolute Gasteiger partial charge is 0.123 e. The fourth-order valence-electron chi connectivity index (χ4n) is 1.64. The summed E-state index contributed by atoms with van der Waals surface area (Å²) < 4.78 is 0. The summed E-state index contributed by atoms with van der Waals surface area (Å²) in [6.07, 6.45) is 1.67. The fourth-order valence-corrected chi connectivity index (χ4v) is 1.64. The maximum atomic E-state index is 9.02. The molecular weight excluding hydrogens is 214 g/mol. The molecule has 0 saturated carbocycles. The molecule has 2 rings (SSSR count). The van der Waals surface area contributed by atoms with E-state index >= 15 is 0 Å². The van der Waals surface area contributed by atoms with E-state index in [1.165, 1.54) is 0 Å². The molecule has 5 heteroatoms. The van der Waals surface area contributed by atoms with E-state index in [1.54, 1.807) is 12.3 Å². The summed E-state index contributed by atoms with van der Waals surface area (Å²) >= 11 is 0. The Morgan fingerprint density at radius 3 is 3.00 bits per heavy atom. The van der Waals surface area contributed by atoms with Crippen LogP contribution in [0.3, 0.4) is 0 Å². The van der Waals surface area contributed by atoms with Crippen LogP contribution < -0.4 is 11.1 Å². The maximum absolute atomic E-state index is 9.02. The molecule has 4 N–H and O–H groups in total. The molecule has 0 saturated heterocycles. The number of para-hydroxylation sites is 1. The van der Waals surface area contributed by atoms with E-state index in [9.17, 15) is 0 Å². The van der Waals surface area contributed by atoms with Gasteiger partial charge in [0.05, 0.1) is 17.4 Å². The van der Waals surface area contributed by atoms with Gasteiger partial charge in [-0.1, -0.05) is 12.1 Å². The normalized spacial score (nSPS) is 9.88. The molecule has 0 fully saturated rings. The highest BCUT2D eigenvalue weighted by atomic mass is 15.1. The third kappa shape index (κ3) is 2.21. The minimum Gasteiger partial charge on any atom is -0.384 e. The van der Waals surface area contributed by atoms with E-state index in [0.29, 0.717) is 17.9 Å². The first kappa shape index (κ1) is 11.0. The molecule has 0 atom stereocenters. The van der Waals surface area contributed by atoms with Crippen LogP contribution in [0.4, 0.5) is 11.5 Å². The van der Waals surface area contributed by atoms with Crippen LogP contribution in [0, 0.1) is 18.3 Å². The van der Waals surface area contributed by atoms with E-state index in [-0.39, 0.29) is 0 Å². The van der Waals surface area contributed by atoms with Crippen molar-refractivity contribution in [1.29, 1.82) is 5.26 Å². The zero-order valence-electron chi connectivity index (χ0n) is 9.49. The Labute approximate surface area is 99.3 Å². The molecule has 0 aliphatic carbocycles. The first-order valence-corrected chi connectivity index (χ1v) is 5.23. The van der Waals surface area contributed by atoms with E-state index in [1.807, 2.05) is 19.1 Å². The summed E-state index contributed by atoms with van der Waals surface area (Å²) in [5.41, 5.74) is 9.08. The molecule has 0 spiro atoms. The zero-order chi connectivity index (χ0) is 12.3. The van der Waals surface area contributed by atoms with Crippen molar-refractivity contribution >= 4 is 11.5 Å². The van der Waals surface area contributed by atoms with Crippen LogP contribution in [0.15, 0.2) is 24.4 Å². The first-order valence-electron chi connectivity index (χ1n) is 5.23. The number of aryl methyl sites for hydroxylation is 1. The van der Waals surface area contributed by atoms with Crippen LogP contribution in [0.25, 0.3) is 0 Å². The SMILES string of the molecule is Cc1cccc(C#N)c1NCc1cn[nH]c1N. The van der Waals surface area contributed by atoms with Gasteiger partial charge in [0, 0.05) is 12.1 Å². The van der Waals surface area contributed by atoms with Gasteiger partial charge < -0.3 is 11.1 Å². The predicted octanol–water partition coefficient (Wildman–Crippen LogP) is 1.78.